The smallest absolute Gasteiger partial charge is 0.0956 e. The molecular formula is C21H17N3O. The van der Waals surface area contributed by atoms with Gasteiger partial charge in [0.2, 0.25) is 0 Å². The summed E-state index contributed by atoms with van der Waals surface area (Å²) < 4.78 is 0. The van der Waals surface area contributed by atoms with Gasteiger partial charge in [0.1, 0.15) is 0 Å². The Morgan fingerprint density at radius 3 is 2.84 bits per heavy atom. The summed E-state index contributed by atoms with van der Waals surface area (Å²) in [7, 11) is 0. The quantitative estimate of drug-likeness (QED) is 0.573. The molecule has 0 spiro atoms. The van der Waals surface area contributed by atoms with Gasteiger partial charge in [0.05, 0.1) is 24.4 Å². The molecular weight excluding hydrogens is 310 g/mol. The Hall–Kier alpha value is -2.95. The van der Waals surface area contributed by atoms with Crippen LogP contribution in [-0.2, 0) is 18.0 Å². The fraction of sp³-hybridized carbons (Fsp3) is 0.0952. The summed E-state index contributed by atoms with van der Waals surface area (Å²) >= 11 is 0. The topological polar surface area (TPSA) is 49.9 Å². The minimum Gasteiger partial charge on any atom is -0.356 e. The Kier molecular flexibility index (Phi) is 3.37. The van der Waals surface area contributed by atoms with Crippen molar-refractivity contribution < 1.29 is 4.84 Å². The van der Waals surface area contributed by atoms with Crippen LogP contribution < -0.4 is 5.48 Å². The molecule has 2 N–H and O–H groups in total. The third kappa shape index (κ3) is 2.52. The van der Waals surface area contributed by atoms with Crippen molar-refractivity contribution in [2.75, 3.05) is 0 Å². The molecule has 0 saturated heterocycles. The second-order valence-corrected chi connectivity index (χ2v) is 6.25. The number of hydrogen-bond acceptors (Lipinski definition) is 3. The molecule has 0 atom stereocenters. The molecule has 0 aliphatic carbocycles. The summed E-state index contributed by atoms with van der Waals surface area (Å²) in [6.45, 7) is 1.30. The lowest BCUT2D eigenvalue weighted by atomic mass is 10.1. The van der Waals surface area contributed by atoms with Crippen LogP contribution in [0.4, 0.5) is 0 Å². The molecule has 3 heterocycles. The molecule has 1 aliphatic heterocycles. The number of pyridine rings is 1. The first-order valence-electron chi connectivity index (χ1n) is 8.38. The van der Waals surface area contributed by atoms with Crippen LogP contribution in [0, 0.1) is 0 Å². The van der Waals surface area contributed by atoms with Gasteiger partial charge >= 0.3 is 0 Å². The molecule has 122 valence electrons. The summed E-state index contributed by atoms with van der Waals surface area (Å²) in [5, 5.41) is 3.56. The molecule has 4 heteroatoms. The summed E-state index contributed by atoms with van der Waals surface area (Å²) in [4.78, 5) is 13.5. The second kappa shape index (κ2) is 5.84. The molecule has 0 fully saturated rings. The number of hydrogen-bond donors (Lipinski definition) is 2. The van der Waals surface area contributed by atoms with Crippen LogP contribution in [-0.4, -0.2) is 9.97 Å². The monoisotopic (exact) mass is 327 g/mol. The van der Waals surface area contributed by atoms with Crippen LogP contribution in [0.3, 0.4) is 0 Å². The van der Waals surface area contributed by atoms with Crippen LogP contribution in [0.1, 0.15) is 22.5 Å². The largest absolute Gasteiger partial charge is 0.356 e. The molecule has 5 rings (SSSR count). The molecule has 2 aromatic carbocycles. The van der Waals surface area contributed by atoms with Gasteiger partial charge in [-0.25, -0.2) is 0 Å². The molecule has 25 heavy (non-hydrogen) atoms. The average molecular weight is 327 g/mol. The minimum atomic E-state index is 0.590. The third-order valence-electron chi connectivity index (χ3n) is 4.70. The van der Waals surface area contributed by atoms with E-state index in [9.17, 15) is 0 Å². The van der Waals surface area contributed by atoms with Gasteiger partial charge in [-0.3, -0.25) is 9.82 Å². The number of nitrogens with zero attached hydrogens (tertiary/aromatic N) is 1. The predicted molar refractivity (Wildman–Crippen MR) is 101 cm³/mol. The maximum absolute atomic E-state index is 5.39. The van der Waals surface area contributed by atoms with E-state index >= 15 is 0 Å². The van der Waals surface area contributed by atoms with Crippen molar-refractivity contribution in [2.24, 2.45) is 0 Å². The number of benzene rings is 2. The maximum Gasteiger partial charge on any atom is 0.0956 e. The van der Waals surface area contributed by atoms with E-state index in [1.807, 2.05) is 24.4 Å². The number of H-pyrrole nitrogens is 1. The molecule has 2 aromatic heterocycles. The highest BCUT2D eigenvalue weighted by molar-refractivity contribution is 6.07. The molecule has 1 aliphatic rings. The Balaban J connectivity index is 1.64. The lowest BCUT2D eigenvalue weighted by molar-refractivity contribution is 0.0109. The molecule has 0 bridgehead atoms. The normalized spacial score (nSPS) is 14.4. The summed E-state index contributed by atoms with van der Waals surface area (Å²) in [5.41, 5.74) is 8.67. The number of hydroxylamine groups is 1. The predicted octanol–water partition coefficient (Wildman–Crippen LogP) is 4.42. The summed E-state index contributed by atoms with van der Waals surface area (Å²) in [6.07, 6.45) is 6.08. The Morgan fingerprint density at radius 1 is 1.00 bits per heavy atom. The highest BCUT2D eigenvalue weighted by Gasteiger charge is 2.17. The molecule has 0 saturated carbocycles. The van der Waals surface area contributed by atoms with Gasteiger partial charge in [0, 0.05) is 33.6 Å². The van der Waals surface area contributed by atoms with Gasteiger partial charge in [-0.15, -0.1) is 0 Å². The molecule has 4 nitrogen and oxygen atoms in total. The Bertz CT molecular complexity index is 1100. The molecule has 0 radical (unpaired) electrons. The highest BCUT2D eigenvalue weighted by Crippen LogP contribution is 2.31. The zero-order chi connectivity index (χ0) is 16.6. The van der Waals surface area contributed by atoms with Gasteiger partial charge in [-0.1, -0.05) is 48.5 Å². The van der Waals surface area contributed by atoms with E-state index in [0.29, 0.717) is 13.2 Å². The van der Waals surface area contributed by atoms with Crippen LogP contribution in [0.2, 0.25) is 0 Å². The molecule has 0 amide bonds. The number of aromatic nitrogens is 2. The Labute approximate surface area is 145 Å². The number of fused-ring (bicyclic) bond motifs is 5. The van der Waals surface area contributed by atoms with Gasteiger partial charge in [-0.05, 0) is 17.7 Å². The Morgan fingerprint density at radius 2 is 1.92 bits per heavy atom. The van der Waals surface area contributed by atoms with Crippen molar-refractivity contribution in [3.63, 3.8) is 0 Å². The third-order valence-corrected chi connectivity index (χ3v) is 4.70. The van der Waals surface area contributed by atoms with Crippen molar-refractivity contribution in [3.05, 3.63) is 77.2 Å². The number of rotatable bonds is 2. The van der Waals surface area contributed by atoms with Gasteiger partial charge in [0.15, 0.2) is 0 Å². The van der Waals surface area contributed by atoms with E-state index in [0.717, 1.165) is 16.6 Å². The first kappa shape index (κ1) is 14.4. The lowest BCUT2D eigenvalue weighted by Gasteiger charge is -2.12. The first-order chi connectivity index (χ1) is 12.4. The lowest BCUT2D eigenvalue weighted by Crippen LogP contribution is -2.20. The van der Waals surface area contributed by atoms with Crippen molar-refractivity contribution >= 4 is 33.8 Å². The summed E-state index contributed by atoms with van der Waals surface area (Å²) in [6, 6.07) is 16.7. The van der Waals surface area contributed by atoms with Crippen LogP contribution in [0.15, 0.2) is 54.7 Å². The average Bonchev–Trinajstić information content (AvgIpc) is 3.06. The van der Waals surface area contributed by atoms with E-state index in [1.165, 1.54) is 27.6 Å². The number of nitrogens with one attached hydrogen (secondary N) is 2. The van der Waals surface area contributed by atoms with Gasteiger partial charge in [-0.2, -0.15) is 5.48 Å². The fourth-order valence-corrected chi connectivity index (χ4v) is 3.41. The maximum atomic E-state index is 5.39. The van der Waals surface area contributed by atoms with Gasteiger partial charge < -0.3 is 4.98 Å². The van der Waals surface area contributed by atoms with E-state index in [-0.39, 0.29) is 0 Å². The zero-order valence-corrected chi connectivity index (χ0v) is 13.6. The van der Waals surface area contributed by atoms with Crippen molar-refractivity contribution in [1.82, 2.24) is 15.4 Å². The fourth-order valence-electron chi connectivity index (χ4n) is 3.41. The zero-order valence-electron chi connectivity index (χ0n) is 13.6. The van der Waals surface area contributed by atoms with E-state index < -0.39 is 0 Å². The SMILES string of the molecule is C(=C\c1cc2c(ccc3c4c([nH]c32)CNOC4)cn1)/c1ccccc1. The van der Waals surface area contributed by atoms with Crippen LogP contribution in [0.25, 0.3) is 33.8 Å². The summed E-state index contributed by atoms with van der Waals surface area (Å²) in [5.74, 6) is 0. The standard InChI is InChI=1S/C21H17N3O/c1-2-4-14(5-3-1)6-8-16-10-18-15(11-22-16)7-9-17-19-13-25-23-12-20(19)24-21(17)18/h1-11,23-24H,12-13H2/b8-6+. The molecule has 0 unspecified atom stereocenters. The van der Waals surface area contributed by atoms with Crippen LogP contribution in [0.5, 0.6) is 0 Å². The van der Waals surface area contributed by atoms with E-state index in [4.69, 9.17) is 4.84 Å². The van der Waals surface area contributed by atoms with Crippen molar-refractivity contribution in [3.8, 4) is 0 Å². The first-order valence-corrected chi connectivity index (χ1v) is 8.38. The van der Waals surface area contributed by atoms with E-state index in [2.05, 4.69) is 57.9 Å². The van der Waals surface area contributed by atoms with Crippen molar-refractivity contribution in [1.29, 1.82) is 0 Å². The van der Waals surface area contributed by atoms with Crippen LogP contribution >= 0.6 is 0 Å². The van der Waals surface area contributed by atoms with E-state index in [1.54, 1.807) is 0 Å². The van der Waals surface area contributed by atoms with Crippen molar-refractivity contribution in [2.45, 2.75) is 13.2 Å². The minimum absolute atomic E-state index is 0.590. The number of aromatic amines is 1. The second-order valence-electron chi connectivity index (χ2n) is 6.25. The highest BCUT2D eigenvalue weighted by atomic mass is 16.6. The molecule has 4 aromatic rings. The van der Waals surface area contributed by atoms with Gasteiger partial charge in [0.25, 0.3) is 0 Å².